The summed E-state index contributed by atoms with van der Waals surface area (Å²) in [6.07, 6.45) is 1.33. The molecule has 1 fully saturated rings. The summed E-state index contributed by atoms with van der Waals surface area (Å²) in [6, 6.07) is 1.50. The van der Waals surface area contributed by atoms with Crippen molar-refractivity contribution in [2.45, 2.75) is 39.5 Å². The molecule has 1 N–H and O–H groups in total. The number of morpholine rings is 1. The van der Waals surface area contributed by atoms with Crippen LogP contribution in [-0.2, 0) is 11.3 Å². The highest BCUT2D eigenvalue weighted by Gasteiger charge is 2.27. The van der Waals surface area contributed by atoms with Gasteiger partial charge in [-0.05, 0) is 26.8 Å². The minimum absolute atomic E-state index is 0.0419. The third kappa shape index (κ3) is 2.84. The number of aryl methyl sites for hydroxylation is 1. The van der Waals surface area contributed by atoms with Crippen molar-refractivity contribution in [1.29, 1.82) is 0 Å². The highest BCUT2D eigenvalue weighted by molar-refractivity contribution is 5.96. The van der Waals surface area contributed by atoms with Crippen molar-refractivity contribution in [2.24, 2.45) is 0 Å². The van der Waals surface area contributed by atoms with Crippen LogP contribution in [0.1, 0.15) is 31.1 Å². The zero-order valence-electron chi connectivity index (χ0n) is 13.9. The standard InChI is InChI=1S/C16H20N4O4/c1-4-20-13-12(14(21)18-16(20)23)5-11(6-17-13)15(22)19-7-9(2)24-10(3)8-19/h5-6,9-10H,4,7-8H2,1-3H3,(H,18,21,23)/t9-,10-/m1/s1. The Morgan fingerprint density at radius 3 is 2.62 bits per heavy atom. The van der Waals surface area contributed by atoms with Gasteiger partial charge >= 0.3 is 5.69 Å². The number of rotatable bonds is 2. The molecular formula is C16H20N4O4. The number of ether oxygens (including phenoxy) is 1. The predicted molar refractivity (Wildman–Crippen MR) is 88.2 cm³/mol. The van der Waals surface area contributed by atoms with Crippen molar-refractivity contribution in [2.75, 3.05) is 13.1 Å². The first-order valence-corrected chi connectivity index (χ1v) is 7.98. The molecular weight excluding hydrogens is 312 g/mol. The van der Waals surface area contributed by atoms with Gasteiger partial charge in [0.05, 0.1) is 23.2 Å². The first kappa shape index (κ1) is 16.4. The van der Waals surface area contributed by atoms with E-state index >= 15 is 0 Å². The van der Waals surface area contributed by atoms with Crippen molar-refractivity contribution >= 4 is 16.9 Å². The van der Waals surface area contributed by atoms with Crippen LogP contribution in [0.25, 0.3) is 11.0 Å². The fourth-order valence-corrected chi connectivity index (χ4v) is 3.10. The number of carbonyl (C=O) groups is 1. The highest BCUT2D eigenvalue weighted by atomic mass is 16.5. The minimum atomic E-state index is -0.537. The van der Waals surface area contributed by atoms with Crippen LogP contribution in [0.3, 0.4) is 0 Å². The van der Waals surface area contributed by atoms with Crippen LogP contribution < -0.4 is 11.2 Å². The van der Waals surface area contributed by atoms with Crippen LogP contribution in [0, 0.1) is 0 Å². The summed E-state index contributed by atoms with van der Waals surface area (Å²) < 4.78 is 7.00. The molecule has 24 heavy (non-hydrogen) atoms. The van der Waals surface area contributed by atoms with Gasteiger partial charge in [0.25, 0.3) is 11.5 Å². The monoisotopic (exact) mass is 332 g/mol. The Bertz CT molecular complexity index is 891. The number of amides is 1. The number of fused-ring (bicyclic) bond motifs is 1. The summed E-state index contributed by atoms with van der Waals surface area (Å²) in [7, 11) is 0. The molecule has 1 amide bonds. The second-order valence-electron chi connectivity index (χ2n) is 6.07. The smallest absolute Gasteiger partial charge is 0.329 e. The van der Waals surface area contributed by atoms with E-state index in [9.17, 15) is 14.4 Å². The van der Waals surface area contributed by atoms with Gasteiger partial charge in [0, 0.05) is 25.8 Å². The molecule has 1 aliphatic heterocycles. The third-order valence-corrected chi connectivity index (χ3v) is 4.10. The first-order chi connectivity index (χ1) is 11.4. The maximum absolute atomic E-state index is 12.7. The molecule has 8 nitrogen and oxygen atoms in total. The number of pyridine rings is 1. The Morgan fingerprint density at radius 1 is 1.33 bits per heavy atom. The van der Waals surface area contributed by atoms with Gasteiger partial charge in [-0.25, -0.2) is 9.78 Å². The average Bonchev–Trinajstić information content (AvgIpc) is 2.53. The van der Waals surface area contributed by atoms with Crippen LogP contribution in [-0.4, -0.2) is 50.6 Å². The molecule has 1 saturated heterocycles. The van der Waals surface area contributed by atoms with E-state index in [2.05, 4.69) is 9.97 Å². The molecule has 3 heterocycles. The van der Waals surface area contributed by atoms with Crippen LogP contribution in [0.5, 0.6) is 0 Å². The maximum atomic E-state index is 12.7. The van der Waals surface area contributed by atoms with Gasteiger partial charge in [-0.2, -0.15) is 0 Å². The maximum Gasteiger partial charge on any atom is 0.329 e. The number of nitrogens with zero attached hydrogens (tertiary/aromatic N) is 3. The zero-order valence-corrected chi connectivity index (χ0v) is 13.9. The predicted octanol–water partition coefficient (Wildman–Crippen LogP) is 0.354. The van der Waals surface area contributed by atoms with Gasteiger partial charge in [-0.15, -0.1) is 0 Å². The Kier molecular flexibility index (Phi) is 4.23. The number of hydrogen-bond acceptors (Lipinski definition) is 5. The summed E-state index contributed by atoms with van der Waals surface area (Å²) in [6.45, 7) is 6.98. The van der Waals surface area contributed by atoms with Crippen molar-refractivity contribution in [1.82, 2.24) is 19.4 Å². The van der Waals surface area contributed by atoms with Crippen LogP contribution in [0.4, 0.5) is 0 Å². The number of hydrogen-bond donors (Lipinski definition) is 1. The Balaban J connectivity index is 2.03. The second-order valence-corrected chi connectivity index (χ2v) is 6.07. The lowest BCUT2D eigenvalue weighted by molar-refractivity contribution is -0.0586. The molecule has 0 radical (unpaired) electrons. The van der Waals surface area contributed by atoms with Crippen molar-refractivity contribution in [3.63, 3.8) is 0 Å². The topological polar surface area (TPSA) is 97.3 Å². The SMILES string of the molecule is CCn1c(=O)[nH]c(=O)c2cc(C(=O)N3C[C@@H](C)O[C@H](C)C3)cnc21. The van der Waals surface area contributed by atoms with E-state index in [1.165, 1.54) is 16.8 Å². The molecule has 0 aromatic carbocycles. The Labute approximate surface area is 138 Å². The number of aromatic nitrogens is 3. The lowest BCUT2D eigenvalue weighted by atomic mass is 10.1. The van der Waals surface area contributed by atoms with E-state index in [4.69, 9.17) is 4.74 Å². The van der Waals surface area contributed by atoms with E-state index in [1.807, 2.05) is 13.8 Å². The van der Waals surface area contributed by atoms with Crippen LogP contribution >= 0.6 is 0 Å². The van der Waals surface area contributed by atoms with E-state index in [0.29, 0.717) is 25.2 Å². The summed E-state index contributed by atoms with van der Waals surface area (Å²) >= 11 is 0. The quantitative estimate of drug-likeness (QED) is 0.856. The first-order valence-electron chi connectivity index (χ1n) is 7.98. The number of carbonyl (C=O) groups excluding carboxylic acids is 1. The van der Waals surface area contributed by atoms with Crippen molar-refractivity contribution in [3.05, 3.63) is 38.7 Å². The molecule has 0 aliphatic carbocycles. The van der Waals surface area contributed by atoms with Gasteiger partial charge in [-0.3, -0.25) is 19.1 Å². The van der Waals surface area contributed by atoms with Crippen LogP contribution in [0.15, 0.2) is 21.9 Å². The van der Waals surface area contributed by atoms with Crippen molar-refractivity contribution in [3.8, 4) is 0 Å². The molecule has 0 spiro atoms. The van der Waals surface area contributed by atoms with Gasteiger partial charge in [0.2, 0.25) is 0 Å². The fraction of sp³-hybridized carbons (Fsp3) is 0.500. The number of nitrogens with one attached hydrogen (secondary N) is 1. The molecule has 128 valence electrons. The number of aromatic amines is 1. The zero-order chi connectivity index (χ0) is 17.4. The summed E-state index contributed by atoms with van der Waals surface area (Å²) in [5, 5.41) is 0.233. The third-order valence-electron chi connectivity index (χ3n) is 4.10. The summed E-state index contributed by atoms with van der Waals surface area (Å²) in [5.74, 6) is -0.194. The van der Waals surface area contributed by atoms with Gasteiger partial charge in [0.15, 0.2) is 0 Å². The Hall–Kier alpha value is -2.48. The molecule has 8 heteroatoms. The van der Waals surface area contributed by atoms with E-state index in [-0.39, 0.29) is 29.1 Å². The molecule has 2 aromatic rings. The highest BCUT2D eigenvalue weighted by Crippen LogP contribution is 2.15. The van der Waals surface area contributed by atoms with E-state index < -0.39 is 11.2 Å². The summed E-state index contributed by atoms with van der Waals surface area (Å²) in [5.41, 5.74) is -0.426. The van der Waals surface area contributed by atoms with Gasteiger partial charge in [-0.1, -0.05) is 0 Å². The molecule has 1 aliphatic rings. The second kappa shape index (κ2) is 6.20. The van der Waals surface area contributed by atoms with Crippen LogP contribution in [0.2, 0.25) is 0 Å². The largest absolute Gasteiger partial charge is 0.372 e. The van der Waals surface area contributed by atoms with Gasteiger partial charge < -0.3 is 9.64 Å². The molecule has 0 saturated carbocycles. The fourth-order valence-electron chi connectivity index (χ4n) is 3.10. The van der Waals surface area contributed by atoms with Crippen molar-refractivity contribution < 1.29 is 9.53 Å². The molecule has 0 unspecified atom stereocenters. The lowest BCUT2D eigenvalue weighted by Gasteiger charge is -2.35. The van der Waals surface area contributed by atoms with Gasteiger partial charge in [0.1, 0.15) is 5.65 Å². The average molecular weight is 332 g/mol. The molecule has 0 bridgehead atoms. The van der Waals surface area contributed by atoms with E-state index in [1.54, 1.807) is 11.8 Å². The summed E-state index contributed by atoms with van der Waals surface area (Å²) in [4.78, 5) is 44.7. The minimum Gasteiger partial charge on any atom is -0.372 e. The molecule has 2 aromatic heterocycles. The number of H-pyrrole nitrogens is 1. The molecule has 3 rings (SSSR count). The Morgan fingerprint density at radius 2 is 2.00 bits per heavy atom. The lowest BCUT2D eigenvalue weighted by Crippen LogP contribution is -2.48. The normalized spacial score (nSPS) is 21.2. The van der Waals surface area contributed by atoms with E-state index in [0.717, 1.165) is 0 Å². The molecule has 2 atom stereocenters.